The number of carbonyl (C=O) groups is 1. The first kappa shape index (κ1) is 13.6. The van der Waals surface area contributed by atoms with E-state index < -0.39 is 11.9 Å². The third-order valence-corrected chi connectivity index (χ3v) is 3.38. The van der Waals surface area contributed by atoms with Gasteiger partial charge in [-0.15, -0.1) is 0 Å². The molecule has 0 heterocycles. The molecule has 3 N–H and O–H groups in total. The Morgan fingerprint density at radius 3 is 2.21 bits per heavy atom. The van der Waals surface area contributed by atoms with Crippen molar-refractivity contribution >= 4 is 27.5 Å². The van der Waals surface area contributed by atoms with E-state index in [9.17, 15) is 4.79 Å². The molecule has 0 fully saturated rings. The number of amides is 1. The normalized spacial score (nSPS) is 11.9. The van der Waals surface area contributed by atoms with Gasteiger partial charge in [0.1, 0.15) is 6.04 Å². The van der Waals surface area contributed by atoms with E-state index in [1.807, 2.05) is 55.5 Å². The van der Waals surface area contributed by atoms with Gasteiger partial charge >= 0.3 is 0 Å². The minimum Gasteiger partial charge on any atom is -0.370 e. The average molecular weight is 319 g/mol. The Morgan fingerprint density at radius 2 is 1.68 bits per heavy atom. The molecule has 19 heavy (non-hydrogen) atoms. The molecule has 4 heteroatoms. The second-order valence-corrected chi connectivity index (χ2v) is 5.31. The van der Waals surface area contributed by atoms with E-state index in [1.165, 1.54) is 5.56 Å². The Labute approximate surface area is 121 Å². The average Bonchev–Trinajstić information content (AvgIpc) is 2.39. The fourth-order valence-electron chi connectivity index (χ4n) is 1.79. The van der Waals surface area contributed by atoms with Gasteiger partial charge in [-0.05, 0) is 36.8 Å². The van der Waals surface area contributed by atoms with E-state index in [2.05, 4.69) is 21.2 Å². The van der Waals surface area contributed by atoms with E-state index in [0.717, 1.165) is 15.7 Å². The van der Waals surface area contributed by atoms with Gasteiger partial charge in [0.25, 0.3) is 0 Å². The number of primary amides is 1. The predicted molar refractivity (Wildman–Crippen MR) is 80.9 cm³/mol. The molecule has 1 amide bonds. The molecule has 0 aliphatic heterocycles. The van der Waals surface area contributed by atoms with Gasteiger partial charge in [0, 0.05) is 10.2 Å². The highest BCUT2D eigenvalue weighted by Crippen LogP contribution is 2.21. The zero-order chi connectivity index (χ0) is 13.8. The SMILES string of the molecule is Cc1ccc(NC(C(N)=O)c2ccc(Br)cc2)cc1. The van der Waals surface area contributed by atoms with Crippen molar-refractivity contribution in [1.29, 1.82) is 0 Å². The number of nitrogens with two attached hydrogens (primary N) is 1. The summed E-state index contributed by atoms with van der Waals surface area (Å²) in [6.45, 7) is 2.02. The topological polar surface area (TPSA) is 55.1 Å². The summed E-state index contributed by atoms with van der Waals surface area (Å²) >= 11 is 3.37. The van der Waals surface area contributed by atoms with Crippen LogP contribution < -0.4 is 11.1 Å². The minimum absolute atomic E-state index is 0.400. The van der Waals surface area contributed by atoms with Crippen molar-refractivity contribution in [1.82, 2.24) is 0 Å². The zero-order valence-electron chi connectivity index (χ0n) is 10.6. The van der Waals surface area contributed by atoms with Crippen LogP contribution in [0.1, 0.15) is 17.2 Å². The van der Waals surface area contributed by atoms with E-state index in [-0.39, 0.29) is 0 Å². The van der Waals surface area contributed by atoms with Crippen molar-refractivity contribution in [3.63, 3.8) is 0 Å². The maximum Gasteiger partial charge on any atom is 0.244 e. The molecule has 0 saturated heterocycles. The van der Waals surface area contributed by atoms with Crippen LogP contribution in [0.15, 0.2) is 53.0 Å². The third kappa shape index (κ3) is 3.58. The van der Waals surface area contributed by atoms with Crippen molar-refractivity contribution in [3.05, 3.63) is 64.1 Å². The summed E-state index contributed by atoms with van der Waals surface area (Å²) in [4.78, 5) is 11.6. The second-order valence-electron chi connectivity index (χ2n) is 4.40. The number of hydrogen-bond acceptors (Lipinski definition) is 2. The Kier molecular flexibility index (Phi) is 4.22. The molecule has 3 nitrogen and oxygen atoms in total. The summed E-state index contributed by atoms with van der Waals surface area (Å²) in [7, 11) is 0. The Morgan fingerprint density at radius 1 is 1.11 bits per heavy atom. The van der Waals surface area contributed by atoms with Gasteiger partial charge in [0.15, 0.2) is 0 Å². The lowest BCUT2D eigenvalue weighted by Crippen LogP contribution is -2.27. The van der Waals surface area contributed by atoms with Gasteiger partial charge in [-0.3, -0.25) is 4.79 Å². The fraction of sp³-hybridized carbons (Fsp3) is 0.133. The van der Waals surface area contributed by atoms with Gasteiger partial charge in [-0.2, -0.15) is 0 Å². The van der Waals surface area contributed by atoms with Gasteiger partial charge < -0.3 is 11.1 Å². The first-order valence-corrected chi connectivity index (χ1v) is 6.73. The highest BCUT2D eigenvalue weighted by molar-refractivity contribution is 9.10. The third-order valence-electron chi connectivity index (χ3n) is 2.85. The van der Waals surface area contributed by atoms with Crippen LogP contribution >= 0.6 is 15.9 Å². The van der Waals surface area contributed by atoms with E-state index in [4.69, 9.17) is 5.73 Å². The number of anilines is 1. The molecule has 2 aromatic carbocycles. The molecule has 0 bridgehead atoms. The molecule has 0 aliphatic rings. The van der Waals surface area contributed by atoms with Gasteiger partial charge in [-0.1, -0.05) is 45.8 Å². The van der Waals surface area contributed by atoms with Crippen LogP contribution in [0.2, 0.25) is 0 Å². The monoisotopic (exact) mass is 318 g/mol. The maximum atomic E-state index is 11.6. The number of rotatable bonds is 4. The van der Waals surface area contributed by atoms with Crippen LogP contribution in [0.5, 0.6) is 0 Å². The van der Waals surface area contributed by atoms with Gasteiger partial charge in [-0.25, -0.2) is 0 Å². The van der Waals surface area contributed by atoms with Crippen molar-refractivity contribution in [2.45, 2.75) is 13.0 Å². The van der Waals surface area contributed by atoms with Crippen molar-refractivity contribution in [2.75, 3.05) is 5.32 Å². The van der Waals surface area contributed by atoms with Crippen LogP contribution in [0.25, 0.3) is 0 Å². The van der Waals surface area contributed by atoms with Gasteiger partial charge in [0.2, 0.25) is 5.91 Å². The van der Waals surface area contributed by atoms with Crippen LogP contribution in [0, 0.1) is 6.92 Å². The Balaban J connectivity index is 2.23. The maximum absolute atomic E-state index is 11.6. The zero-order valence-corrected chi connectivity index (χ0v) is 12.1. The standard InChI is InChI=1S/C15H15BrN2O/c1-10-2-8-13(9-3-10)18-14(15(17)19)11-4-6-12(16)7-5-11/h2-9,14,18H,1H3,(H2,17,19). The second kappa shape index (κ2) is 5.89. The smallest absolute Gasteiger partial charge is 0.244 e. The molecule has 1 atom stereocenters. The van der Waals surface area contributed by atoms with E-state index >= 15 is 0 Å². The van der Waals surface area contributed by atoms with Crippen molar-refractivity contribution < 1.29 is 4.79 Å². The molecule has 0 spiro atoms. The first-order valence-electron chi connectivity index (χ1n) is 5.94. The molecule has 98 valence electrons. The fourth-order valence-corrected chi connectivity index (χ4v) is 2.05. The summed E-state index contributed by atoms with van der Waals surface area (Å²) in [5.74, 6) is -0.400. The molecule has 0 aromatic heterocycles. The minimum atomic E-state index is -0.532. The number of nitrogens with one attached hydrogen (secondary N) is 1. The lowest BCUT2D eigenvalue weighted by molar-refractivity contribution is -0.118. The molecule has 1 unspecified atom stereocenters. The highest BCUT2D eigenvalue weighted by Gasteiger charge is 2.17. The highest BCUT2D eigenvalue weighted by atomic mass is 79.9. The van der Waals surface area contributed by atoms with Crippen LogP contribution in [-0.4, -0.2) is 5.91 Å². The summed E-state index contributed by atoms with van der Waals surface area (Å²) in [5.41, 5.74) is 8.36. The van der Waals surface area contributed by atoms with Crippen molar-refractivity contribution in [3.8, 4) is 0 Å². The summed E-state index contributed by atoms with van der Waals surface area (Å²) in [6.07, 6.45) is 0. The molecule has 0 saturated carbocycles. The quantitative estimate of drug-likeness (QED) is 0.907. The summed E-state index contributed by atoms with van der Waals surface area (Å²) in [5, 5.41) is 3.15. The molecule has 0 aliphatic carbocycles. The van der Waals surface area contributed by atoms with Gasteiger partial charge in [0.05, 0.1) is 0 Å². The molecular formula is C15H15BrN2O. The number of benzene rings is 2. The summed E-state index contributed by atoms with van der Waals surface area (Å²) < 4.78 is 0.967. The molecule has 2 aromatic rings. The van der Waals surface area contributed by atoms with E-state index in [0.29, 0.717) is 0 Å². The number of hydrogen-bond donors (Lipinski definition) is 2. The predicted octanol–water partition coefficient (Wildman–Crippen LogP) is 3.40. The lowest BCUT2D eigenvalue weighted by Gasteiger charge is -2.17. The molecule has 2 rings (SSSR count). The van der Waals surface area contributed by atoms with Crippen LogP contribution in [-0.2, 0) is 4.79 Å². The lowest BCUT2D eigenvalue weighted by atomic mass is 10.1. The summed E-state index contributed by atoms with van der Waals surface area (Å²) in [6, 6.07) is 14.8. The Hall–Kier alpha value is -1.81. The number of aryl methyl sites for hydroxylation is 1. The number of halogens is 1. The largest absolute Gasteiger partial charge is 0.370 e. The van der Waals surface area contributed by atoms with Crippen LogP contribution in [0.4, 0.5) is 5.69 Å². The van der Waals surface area contributed by atoms with Crippen molar-refractivity contribution in [2.24, 2.45) is 5.73 Å². The van der Waals surface area contributed by atoms with Crippen LogP contribution in [0.3, 0.4) is 0 Å². The number of carbonyl (C=O) groups excluding carboxylic acids is 1. The molecular weight excluding hydrogens is 304 g/mol. The van der Waals surface area contributed by atoms with E-state index in [1.54, 1.807) is 0 Å². The first-order chi connectivity index (χ1) is 9.06. The molecule has 0 radical (unpaired) electrons. The Bertz CT molecular complexity index is 564.